The van der Waals surface area contributed by atoms with Gasteiger partial charge in [-0.3, -0.25) is 0 Å². The molecule has 154 valence electrons. The van der Waals surface area contributed by atoms with E-state index in [0.717, 1.165) is 19.1 Å². The smallest absolute Gasteiger partial charge is 0.116 e. The van der Waals surface area contributed by atoms with Crippen LogP contribution in [-0.4, -0.2) is 29.2 Å². The molecular weight excluding hydrogens is 366 g/mol. The molecule has 1 saturated carbocycles. The highest BCUT2D eigenvalue weighted by atomic mass is 16.5. The molecule has 2 saturated heterocycles. The first kappa shape index (κ1) is 18.6. The Kier molecular flexibility index (Phi) is 4.30. The van der Waals surface area contributed by atoms with E-state index in [1.807, 2.05) is 0 Å². The molecule has 2 aliphatic heterocycles. The fraction of sp³-hybridized carbons (Fsp3) is 0.429. The molecule has 2 heteroatoms. The van der Waals surface area contributed by atoms with E-state index < -0.39 is 0 Å². The molecule has 0 spiro atoms. The Morgan fingerprint density at radius 3 is 2.53 bits per heavy atom. The molecule has 0 bridgehead atoms. The molecule has 30 heavy (non-hydrogen) atoms. The number of hydrogen-bond donors (Lipinski definition) is 0. The summed E-state index contributed by atoms with van der Waals surface area (Å²) in [5.41, 5.74) is 3.17. The van der Waals surface area contributed by atoms with Gasteiger partial charge in [0.2, 0.25) is 0 Å². The normalized spacial score (nSPS) is 34.5. The minimum Gasteiger partial charge on any atom is -0.367 e. The number of nitrogens with zero attached hydrogens (tertiary/aromatic N) is 1. The third kappa shape index (κ3) is 2.70. The summed E-state index contributed by atoms with van der Waals surface area (Å²) in [6.45, 7) is 7.00. The van der Waals surface area contributed by atoms with Gasteiger partial charge < -0.3 is 9.22 Å². The highest BCUT2D eigenvalue weighted by molar-refractivity contribution is 5.82. The van der Waals surface area contributed by atoms with Crippen molar-refractivity contribution in [1.82, 2.24) is 0 Å². The number of rotatable bonds is 5. The summed E-state index contributed by atoms with van der Waals surface area (Å²) in [5.74, 6) is 1.57. The quantitative estimate of drug-likeness (QED) is 0.483. The zero-order valence-corrected chi connectivity index (χ0v) is 18.0. The highest BCUT2D eigenvalue weighted by Crippen LogP contribution is 2.61. The van der Waals surface area contributed by atoms with E-state index in [9.17, 15) is 0 Å². The van der Waals surface area contributed by atoms with E-state index in [-0.39, 0.29) is 0 Å². The molecule has 0 aromatic heterocycles. The topological polar surface area (TPSA) is 9.23 Å². The first-order valence-corrected chi connectivity index (χ1v) is 11.7. The second-order valence-corrected chi connectivity index (χ2v) is 10.1. The number of hydrogen-bond acceptors (Lipinski definition) is 1. The van der Waals surface area contributed by atoms with Gasteiger partial charge in [0, 0.05) is 23.8 Å². The fourth-order valence-electron chi connectivity index (χ4n) is 7.36. The SMILES string of the molecule is C[C@@]12[C@H]3CC[C@@H]1[C@H](OCc1ccccc1)C[N@+]2(Cc1ccc2ccccc2c1)CC3. The lowest BCUT2D eigenvalue weighted by atomic mass is 9.83. The van der Waals surface area contributed by atoms with Crippen molar-refractivity contribution in [2.24, 2.45) is 11.8 Å². The third-order valence-electron chi connectivity index (χ3n) is 8.92. The number of quaternary nitrogens is 1. The van der Waals surface area contributed by atoms with Crippen molar-refractivity contribution in [2.75, 3.05) is 13.1 Å². The molecule has 2 nitrogen and oxygen atoms in total. The summed E-state index contributed by atoms with van der Waals surface area (Å²) >= 11 is 0. The zero-order valence-electron chi connectivity index (χ0n) is 18.0. The molecule has 2 heterocycles. The average Bonchev–Trinajstić information content (AvgIpc) is 3.35. The Hall–Kier alpha value is -2.16. The van der Waals surface area contributed by atoms with E-state index in [1.54, 1.807) is 0 Å². The van der Waals surface area contributed by atoms with Gasteiger partial charge >= 0.3 is 0 Å². The second kappa shape index (κ2) is 6.93. The van der Waals surface area contributed by atoms with Crippen LogP contribution in [0.15, 0.2) is 72.8 Å². The van der Waals surface area contributed by atoms with Crippen molar-refractivity contribution >= 4 is 10.8 Å². The van der Waals surface area contributed by atoms with Gasteiger partial charge in [0.15, 0.2) is 0 Å². The van der Waals surface area contributed by atoms with Crippen LogP contribution >= 0.6 is 0 Å². The molecule has 1 aliphatic carbocycles. The first-order valence-electron chi connectivity index (χ1n) is 11.7. The summed E-state index contributed by atoms with van der Waals surface area (Å²) in [4.78, 5) is 0. The van der Waals surface area contributed by atoms with Gasteiger partial charge in [0.1, 0.15) is 24.7 Å². The first-order chi connectivity index (χ1) is 14.7. The van der Waals surface area contributed by atoms with E-state index in [1.165, 1.54) is 58.7 Å². The van der Waals surface area contributed by atoms with E-state index in [2.05, 4.69) is 79.7 Å². The summed E-state index contributed by atoms with van der Waals surface area (Å²) in [6.07, 6.45) is 4.52. The van der Waals surface area contributed by atoms with Gasteiger partial charge in [-0.05, 0) is 42.2 Å². The summed E-state index contributed by atoms with van der Waals surface area (Å²) in [7, 11) is 0. The minimum atomic E-state index is 0.382. The lowest BCUT2D eigenvalue weighted by Gasteiger charge is -2.44. The van der Waals surface area contributed by atoms with E-state index >= 15 is 0 Å². The summed E-state index contributed by atoms with van der Waals surface area (Å²) < 4.78 is 7.87. The molecule has 6 rings (SSSR count). The van der Waals surface area contributed by atoms with E-state index in [4.69, 9.17) is 4.74 Å². The van der Waals surface area contributed by atoms with Crippen LogP contribution in [0.3, 0.4) is 0 Å². The average molecular weight is 399 g/mol. The molecule has 3 aromatic rings. The van der Waals surface area contributed by atoms with Crippen molar-refractivity contribution in [3.05, 3.63) is 83.9 Å². The Bertz CT molecular complexity index is 1060. The third-order valence-corrected chi connectivity index (χ3v) is 8.92. The Morgan fingerprint density at radius 2 is 1.67 bits per heavy atom. The Balaban J connectivity index is 1.29. The lowest BCUT2D eigenvalue weighted by molar-refractivity contribution is -0.966. The van der Waals surface area contributed by atoms with Crippen LogP contribution in [0.25, 0.3) is 10.8 Å². The number of fused-ring (bicyclic) bond motifs is 1. The number of ether oxygens (including phenoxy) is 1. The molecule has 0 unspecified atom stereocenters. The summed E-state index contributed by atoms with van der Waals surface area (Å²) in [5, 5.41) is 2.71. The fourth-order valence-corrected chi connectivity index (χ4v) is 7.36. The maximum Gasteiger partial charge on any atom is 0.116 e. The number of benzene rings is 3. The van der Waals surface area contributed by atoms with Crippen LogP contribution in [0.4, 0.5) is 0 Å². The van der Waals surface area contributed by atoms with Crippen molar-refractivity contribution in [3.63, 3.8) is 0 Å². The van der Waals surface area contributed by atoms with Crippen molar-refractivity contribution in [1.29, 1.82) is 0 Å². The van der Waals surface area contributed by atoms with Crippen LogP contribution in [0, 0.1) is 11.8 Å². The predicted molar refractivity (Wildman–Crippen MR) is 122 cm³/mol. The maximum atomic E-state index is 6.64. The van der Waals surface area contributed by atoms with Crippen molar-refractivity contribution in [2.45, 2.75) is 51.0 Å². The maximum absolute atomic E-state index is 6.64. The van der Waals surface area contributed by atoms with Crippen LogP contribution in [0.5, 0.6) is 0 Å². The molecule has 0 amide bonds. The lowest BCUT2D eigenvalue weighted by Crippen LogP contribution is -2.57. The van der Waals surface area contributed by atoms with Crippen LogP contribution < -0.4 is 0 Å². The van der Waals surface area contributed by atoms with Crippen LogP contribution in [0.1, 0.15) is 37.3 Å². The summed E-state index contributed by atoms with van der Waals surface area (Å²) in [6, 6.07) is 26.6. The standard InChI is InChI=1S/C28H32NO/c1-28-25-13-14-26(28)27(30-20-21-7-3-2-4-8-21)19-29(28,16-15-25)18-22-11-12-23-9-5-6-10-24(23)17-22/h2-12,17,25-27H,13-16,18-20H2,1H3/q+1/t25-,26+,27+,28+,29+/m0/s1. The van der Waals surface area contributed by atoms with Gasteiger partial charge in [-0.2, -0.15) is 0 Å². The highest BCUT2D eigenvalue weighted by Gasteiger charge is 2.71. The van der Waals surface area contributed by atoms with Crippen LogP contribution in [0.2, 0.25) is 0 Å². The molecule has 0 radical (unpaired) electrons. The zero-order chi connectivity index (χ0) is 20.2. The molecule has 0 N–H and O–H groups in total. The monoisotopic (exact) mass is 398 g/mol. The van der Waals surface area contributed by atoms with E-state index in [0.29, 0.717) is 17.6 Å². The minimum absolute atomic E-state index is 0.382. The Morgan fingerprint density at radius 1 is 0.867 bits per heavy atom. The molecular formula is C28H32NO+. The van der Waals surface area contributed by atoms with Gasteiger partial charge in [0.25, 0.3) is 0 Å². The largest absolute Gasteiger partial charge is 0.367 e. The molecule has 5 atom stereocenters. The van der Waals surface area contributed by atoms with Gasteiger partial charge in [-0.1, -0.05) is 66.7 Å². The van der Waals surface area contributed by atoms with Crippen LogP contribution in [-0.2, 0) is 17.9 Å². The van der Waals surface area contributed by atoms with Gasteiger partial charge in [-0.15, -0.1) is 0 Å². The Labute approximate surface area is 180 Å². The molecule has 3 aromatic carbocycles. The van der Waals surface area contributed by atoms with Crippen molar-refractivity contribution in [3.8, 4) is 0 Å². The van der Waals surface area contributed by atoms with Gasteiger partial charge in [-0.25, -0.2) is 0 Å². The van der Waals surface area contributed by atoms with Gasteiger partial charge in [0.05, 0.1) is 13.2 Å². The molecule has 3 aliphatic rings. The molecule has 3 fully saturated rings. The second-order valence-electron chi connectivity index (χ2n) is 10.1. The van der Waals surface area contributed by atoms with Crippen molar-refractivity contribution < 1.29 is 9.22 Å². The predicted octanol–water partition coefficient (Wildman–Crippen LogP) is 5.94.